The first-order chi connectivity index (χ1) is 16.1. The SMILES string of the molecule is COC(=O)c1cccc(CSc2nnc(-c3cc(OC)cc(OC)c3)n2-c2ccccc2)c1. The second-order valence-corrected chi connectivity index (χ2v) is 8.00. The fraction of sp³-hybridized carbons (Fsp3) is 0.160. The molecule has 0 aliphatic carbocycles. The van der Waals surface area contributed by atoms with Gasteiger partial charge in [-0.15, -0.1) is 10.2 Å². The molecule has 4 aromatic rings. The number of hydrogen-bond donors (Lipinski definition) is 0. The highest BCUT2D eigenvalue weighted by Gasteiger charge is 2.18. The highest BCUT2D eigenvalue weighted by Crippen LogP contribution is 2.33. The van der Waals surface area contributed by atoms with Crippen molar-refractivity contribution in [3.05, 3.63) is 83.9 Å². The number of nitrogens with zero attached hydrogens (tertiary/aromatic N) is 3. The third kappa shape index (κ3) is 5.01. The lowest BCUT2D eigenvalue weighted by Gasteiger charge is -2.12. The Morgan fingerprint density at radius 1 is 0.879 bits per heavy atom. The average Bonchev–Trinajstić information content (AvgIpc) is 3.31. The van der Waals surface area contributed by atoms with Gasteiger partial charge in [0.25, 0.3) is 0 Å². The van der Waals surface area contributed by atoms with Crippen molar-refractivity contribution in [2.45, 2.75) is 10.9 Å². The topological polar surface area (TPSA) is 75.5 Å². The molecule has 4 rings (SSSR count). The van der Waals surface area contributed by atoms with Crippen LogP contribution in [0, 0.1) is 0 Å². The summed E-state index contributed by atoms with van der Waals surface area (Å²) >= 11 is 1.53. The molecule has 7 nitrogen and oxygen atoms in total. The molecule has 0 spiro atoms. The monoisotopic (exact) mass is 461 g/mol. The van der Waals surface area contributed by atoms with Crippen LogP contribution in [0.1, 0.15) is 15.9 Å². The minimum Gasteiger partial charge on any atom is -0.497 e. The van der Waals surface area contributed by atoms with Gasteiger partial charge in [0.05, 0.1) is 26.9 Å². The molecule has 3 aromatic carbocycles. The number of benzene rings is 3. The van der Waals surface area contributed by atoms with Gasteiger partial charge in [0.1, 0.15) is 11.5 Å². The number of carbonyl (C=O) groups is 1. The Balaban J connectivity index is 1.72. The van der Waals surface area contributed by atoms with Crippen LogP contribution in [0.2, 0.25) is 0 Å². The van der Waals surface area contributed by atoms with E-state index in [0.29, 0.717) is 28.6 Å². The Labute approximate surface area is 196 Å². The molecule has 1 heterocycles. The molecule has 8 heteroatoms. The first-order valence-corrected chi connectivity index (χ1v) is 11.2. The van der Waals surface area contributed by atoms with Gasteiger partial charge in [-0.25, -0.2) is 4.79 Å². The quantitative estimate of drug-likeness (QED) is 0.269. The fourth-order valence-corrected chi connectivity index (χ4v) is 4.25. The third-order valence-electron chi connectivity index (χ3n) is 4.97. The molecule has 0 aliphatic heterocycles. The summed E-state index contributed by atoms with van der Waals surface area (Å²) in [6, 6.07) is 22.9. The van der Waals surface area contributed by atoms with E-state index in [-0.39, 0.29) is 5.97 Å². The van der Waals surface area contributed by atoms with Gasteiger partial charge >= 0.3 is 5.97 Å². The number of carbonyl (C=O) groups excluding carboxylic acids is 1. The van der Waals surface area contributed by atoms with E-state index in [1.54, 1.807) is 20.3 Å². The highest BCUT2D eigenvalue weighted by atomic mass is 32.2. The van der Waals surface area contributed by atoms with Gasteiger partial charge < -0.3 is 14.2 Å². The number of methoxy groups -OCH3 is 3. The zero-order valence-corrected chi connectivity index (χ0v) is 19.3. The second kappa shape index (κ2) is 10.2. The summed E-state index contributed by atoms with van der Waals surface area (Å²) in [5.41, 5.74) is 3.26. The van der Waals surface area contributed by atoms with Crippen molar-refractivity contribution >= 4 is 17.7 Å². The van der Waals surface area contributed by atoms with Gasteiger partial charge in [0.15, 0.2) is 11.0 Å². The molecule has 0 unspecified atom stereocenters. The predicted octanol–water partition coefficient (Wildman–Crippen LogP) is 5.03. The smallest absolute Gasteiger partial charge is 0.337 e. The molecule has 0 aliphatic rings. The van der Waals surface area contributed by atoms with Crippen LogP contribution in [0.4, 0.5) is 0 Å². The number of rotatable bonds is 8. The predicted molar refractivity (Wildman–Crippen MR) is 127 cm³/mol. The Morgan fingerprint density at radius 3 is 2.27 bits per heavy atom. The van der Waals surface area contributed by atoms with Crippen LogP contribution >= 0.6 is 11.8 Å². The van der Waals surface area contributed by atoms with Crippen LogP contribution in [0.25, 0.3) is 17.1 Å². The van der Waals surface area contributed by atoms with E-state index in [9.17, 15) is 4.79 Å². The van der Waals surface area contributed by atoms with E-state index in [0.717, 1.165) is 22.0 Å². The maximum absolute atomic E-state index is 11.9. The Hall–Kier alpha value is -3.78. The summed E-state index contributed by atoms with van der Waals surface area (Å²) in [5.74, 6) is 2.26. The lowest BCUT2D eigenvalue weighted by molar-refractivity contribution is 0.0600. The highest BCUT2D eigenvalue weighted by molar-refractivity contribution is 7.98. The largest absolute Gasteiger partial charge is 0.497 e. The Morgan fingerprint density at radius 2 is 1.61 bits per heavy atom. The maximum Gasteiger partial charge on any atom is 0.337 e. The minimum atomic E-state index is -0.358. The van der Waals surface area contributed by atoms with Crippen LogP contribution in [0.15, 0.2) is 78.0 Å². The summed E-state index contributed by atoms with van der Waals surface area (Å²) in [6.45, 7) is 0. The summed E-state index contributed by atoms with van der Waals surface area (Å²) in [6.07, 6.45) is 0. The lowest BCUT2D eigenvalue weighted by atomic mass is 10.1. The number of aromatic nitrogens is 3. The minimum absolute atomic E-state index is 0.358. The van der Waals surface area contributed by atoms with Gasteiger partial charge in [-0.1, -0.05) is 42.1 Å². The Bertz CT molecular complexity index is 1240. The standard InChI is InChI=1S/C25H23N3O4S/c1-30-21-13-19(14-22(15-21)31-2)23-26-27-25(28(23)20-10-5-4-6-11-20)33-16-17-8-7-9-18(12-17)24(29)32-3/h4-15H,16H2,1-3H3. The van der Waals surface area contributed by atoms with Gasteiger partial charge in [-0.2, -0.15) is 0 Å². The van der Waals surface area contributed by atoms with Gasteiger partial charge in [0, 0.05) is 23.1 Å². The third-order valence-corrected chi connectivity index (χ3v) is 5.97. The number of esters is 1. The zero-order valence-electron chi connectivity index (χ0n) is 18.5. The zero-order chi connectivity index (χ0) is 23.2. The van der Waals surface area contributed by atoms with Crippen LogP contribution < -0.4 is 9.47 Å². The average molecular weight is 462 g/mol. The van der Waals surface area contributed by atoms with Crippen molar-refractivity contribution in [3.8, 4) is 28.6 Å². The van der Waals surface area contributed by atoms with E-state index in [4.69, 9.17) is 14.2 Å². The van der Waals surface area contributed by atoms with Gasteiger partial charge in [0.2, 0.25) is 0 Å². The van der Waals surface area contributed by atoms with E-state index < -0.39 is 0 Å². The van der Waals surface area contributed by atoms with Crippen LogP contribution in [-0.4, -0.2) is 42.1 Å². The van der Waals surface area contributed by atoms with Gasteiger partial charge in [-0.05, 0) is 42.0 Å². The molecule has 0 saturated heterocycles. The first-order valence-electron chi connectivity index (χ1n) is 10.2. The normalized spacial score (nSPS) is 10.6. The van der Waals surface area contributed by atoms with Gasteiger partial charge in [-0.3, -0.25) is 4.57 Å². The maximum atomic E-state index is 11.9. The fourth-order valence-electron chi connectivity index (χ4n) is 3.35. The molecule has 0 radical (unpaired) electrons. The molecular weight excluding hydrogens is 438 g/mol. The molecule has 0 N–H and O–H groups in total. The number of hydrogen-bond acceptors (Lipinski definition) is 7. The van der Waals surface area contributed by atoms with E-state index in [2.05, 4.69) is 10.2 Å². The van der Waals surface area contributed by atoms with E-state index in [1.807, 2.05) is 71.3 Å². The lowest BCUT2D eigenvalue weighted by Crippen LogP contribution is -2.02. The summed E-state index contributed by atoms with van der Waals surface area (Å²) in [7, 11) is 4.61. The van der Waals surface area contributed by atoms with Crippen molar-refractivity contribution in [1.82, 2.24) is 14.8 Å². The molecule has 0 amide bonds. The molecule has 168 valence electrons. The number of thioether (sulfide) groups is 1. The molecule has 0 atom stereocenters. The number of ether oxygens (including phenoxy) is 3. The summed E-state index contributed by atoms with van der Waals surface area (Å²) in [4.78, 5) is 11.9. The van der Waals surface area contributed by atoms with Crippen molar-refractivity contribution in [2.75, 3.05) is 21.3 Å². The molecular formula is C25H23N3O4S. The van der Waals surface area contributed by atoms with Crippen LogP contribution in [0.5, 0.6) is 11.5 Å². The van der Waals surface area contributed by atoms with E-state index >= 15 is 0 Å². The van der Waals surface area contributed by atoms with E-state index in [1.165, 1.54) is 18.9 Å². The van der Waals surface area contributed by atoms with Crippen molar-refractivity contribution in [1.29, 1.82) is 0 Å². The second-order valence-electron chi connectivity index (χ2n) is 7.06. The first kappa shape index (κ1) is 22.4. The Kier molecular flexibility index (Phi) is 6.95. The molecule has 0 fully saturated rings. The van der Waals surface area contributed by atoms with Crippen LogP contribution in [0.3, 0.4) is 0 Å². The summed E-state index contributed by atoms with van der Waals surface area (Å²) in [5, 5.41) is 9.69. The van der Waals surface area contributed by atoms with Crippen molar-refractivity contribution < 1.29 is 19.0 Å². The molecule has 33 heavy (non-hydrogen) atoms. The molecule has 0 saturated carbocycles. The van der Waals surface area contributed by atoms with Crippen molar-refractivity contribution in [3.63, 3.8) is 0 Å². The number of para-hydroxylation sites is 1. The summed E-state index contributed by atoms with van der Waals surface area (Å²) < 4.78 is 17.7. The van der Waals surface area contributed by atoms with Crippen LogP contribution in [-0.2, 0) is 10.5 Å². The van der Waals surface area contributed by atoms with Crippen molar-refractivity contribution in [2.24, 2.45) is 0 Å². The molecule has 0 bridgehead atoms. The molecule has 1 aromatic heterocycles.